The molecular weight excluding hydrogens is 202 g/mol. The number of aromatic amines is 1. The lowest BCUT2D eigenvalue weighted by Crippen LogP contribution is -2.08. The largest absolute Gasteiger partial charge is 0.325 e. The molecule has 0 unspecified atom stereocenters. The van der Waals surface area contributed by atoms with Crippen LogP contribution in [0.1, 0.15) is 5.69 Å². The Morgan fingerprint density at radius 3 is 2.42 bits per heavy atom. The molecule has 0 aliphatic carbocycles. The van der Waals surface area contributed by atoms with E-state index in [1.807, 2.05) is 0 Å². The molecule has 0 amide bonds. The highest BCUT2D eigenvalue weighted by molar-refractivity contribution is 8.13. The van der Waals surface area contributed by atoms with Gasteiger partial charge in [-0.2, -0.15) is 0 Å². The van der Waals surface area contributed by atoms with Gasteiger partial charge in [-0.15, -0.1) is 0 Å². The smallest absolute Gasteiger partial charge is 0.263 e. The molecule has 1 rings (SSSR count). The van der Waals surface area contributed by atoms with E-state index < -0.39 is 9.05 Å². The number of rotatable bonds is 1. The number of halogens is 1. The molecule has 0 aliphatic rings. The SMILES string of the molecule is Cc1[nH]c(=O)ccc1S(=O)(=O)Cl. The van der Waals surface area contributed by atoms with Crippen molar-refractivity contribution in [2.75, 3.05) is 0 Å². The molecule has 0 atom stereocenters. The number of pyridine rings is 1. The summed E-state index contributed by atoms with van der Waals surface area (Å²) in [4.78, 5) is 12.9. The molecule has 0 saturated carbocycles. The molecule has 0 saturated heterocycles. The Morgan fingerprint density at radius 2 is 2.00 bits per heavy atom. The molecule has 0 aliphatic heterocycles. The van der Waals surface area contributed by atoms with Crippen LogP contribution >= 0.6 is 10.7 Å². The van der Waals surface area contributed by atoms with E-state index in [1.54, 1.807) is 0 Å². The predicted octanol–water partition coefficient (Wildman–Crippen LogP) is 0.611. The van der Waals surface area contributed by atoms with Crippen LogP contribution < -0.4 is 5.56 Å². The van der Waals surface area contributed by atoms with Crippen molar-refractivity contribution in [1.82, 2.24) is 4.98 Å². The van der Waals surface area contributed by atoms with Crippen LogP contribution in [0.25, 0.3) is 0 Å². The molecule has 1 heterocycles. The van der Waals surface area contributed by atoms with Gasteiger partial charge in [0.25, 0.3) is 9.05 Å². The fraction of sp³-hybridized carbons (Fsp3) is 0.167. The molecular formula is C6H6ClNO3S. The van der Waals surface area contributed by atoms with Crippen molar-refractivity contribution < 1.29 is 8.42 Å². The second-order valence-corrected chi connectivity index (χ2v) is 4.78. The van der Waals surface area contributed by atoms with Crippen molar-refractivity contribution in [2.24, 2.45) is 0 Å². The van der Waals surface area contributed by atoms with Crippen molar-refractivity contribution >= 4 is 19.7 Å². The first-order chi connectivity index (χ1) is 5.41. The normalized spacial score (nSPS) is 11.5. The maximum Gasteiger partial charge on any atom is 0.263 e. The highest BCUT2D eigenvalue weighted by Gasteiger charge is 2.12. The van der Waals surface area contributed by atoms with E-state index in [9.17, 15) is 13.2 Å². The lowest BCUT2D eigenvalue weighted by atomic mass is 10.4. The Balaban J connectivity index is 3.49. The van der Waals surface area contributed by atoms with Gasteiger partial charge in [0.1, 0.15) is 4.90 Å². The molecule has 1 aromatic heterocycles. The molecule has 6 heteroatoms. The fourth-order valence-electron chi connectivity index (χ4n) is 0.829. The van der Waals surface area contributed by atoms with Gasteiger partial charge in [0.2, 0.25) is 5.56 Å². The van der Waals surface area contributed by atoms with E-state index in [0.717, 1.165) is 6.07 Å². The Hall–Kier alpha value is -0.810. The highest BCUT2D eigenvalue weighted by Crippen LogP contribution is 2.15. The van der Waals surface area contributed by atoms with Crippen LogP contribution in [-0.2, 0) is 9.05 Å². The second kappa shape index (κ2) is 2.91. The summed E-state index contributed by atoms with van der Waals surface area (Å²) in [5.74, 6) is 0. The molecule has 4 nitrogen and oxygen atoms in total. The summed E-state index contributed by atoms with van der Waals surface area (Å²) in [6, 6.07) is 2.29. The molecule has 12 heavy (non-hydrogen) atoms. The monoisotopic (exact) mass is 207 g/mol. The average molecular weight is 208 g/mol. The van der Waals surface area contributed by atoms with Crippen molar-refractivity contribution in [2.45, 2.75) is 11.8 Å². The lowest BCUT2D eigenvalue weighted by molar-refractivity contribution is 0.608. The Morgan fingerprint density at radius 1 is 1.42 bits per heavy atom. The summed E-state index contributed by atoms with van der Waals surface area (Å²) in [6.45, 7) is 1.47. The first-order valence-corrected chi connectivity index (χ1v) is 5.37. The van der Waals surface area contributed by atoms with Crippen LogP contribution in [0.5, 0.6) is 0 Å². The molecule has 0 spiro atoms. The Labute approximate surface area is 73.6 Å². The fourth-order valence-corrected chi connectivity index (χ4v) is 1.98. The summed E-state index contributed by atoms with van der Waals surface area (Å²) >= 11 is 0. The van der Waals surface area contributed by atoms with Gasteiger partial charge >= 0.3 is 0 Å². The van der Waals surface area contributed by atoms with E-state index in [2.05, 4.69) is 4.98 Å². The van der Waals surface area contributed by atoms with Gasteiger partial charge in [-0.25, -0.2) is 8.42 Å². The van der Waals surface area contributed by atoms with Gasteiger partial charge < -0.3 is 4.98 Å². The maximum atomic E-state index is 10.8. The topological polar surface area (TPSA) is 67.0 Å². The molecule has 1 aromatic rings. The molecule has 0 aromatic carbocycles. The maximum absolute atomic E-state index is 10.8. The van der Waals surface area contributed by atoms with Gasteiger partial charge in [0.15, 0.2) is 0 Å². The lowest BCUT2D eigenvalue weighted by Gasteiger charge is -1.98. The summed E-state index contributed by atoms with van der Waals surface area (Å²) in [6.07, 6.45) is 0. The van der Waals surface area contributed by atoms with Gasteiger partial charge in [0.05, 0.1) is 0 Å². The summed E-state index contributed by atoms with van der Waals surface area (Å²) < 4.78 is 21.6. The van der Waals surface area contributed by atoms with Crippen molar-refractivity contribution in [3.05, 3.63) is 28.2 Å². The van der Waals surface area contributed by atoms with Crippen LogP contribution in [-0.4, -0.2) is 13.4 Å². The van der Waals surface area contributed by atoms with Gasteiger partial charge in [0, 0.05) is 22.4 Å². The van der Waals surface area contributed by atoms with Gasteiger partial charge in [-0.3, -0.25) is 4.79 Å². The zero-order chi connectivity index (χ0) is 9.35. The zero-order valence-corrected chi connectivity index (χ0v) is 7.74. The van der Waals surface area contributed by atoms with E-state index in [-0.39, 0.29) is 16.1 Å². The zero-order valence-electron chi connectivity index (χ0n) is 6.17. The standard InChI is InChI=1S/C6H6ClNO3S/c1-4-5(12(7,10)11)2-3-6(9)8-4/h2-3H,1H3,(H,8,9). The molecule has 0 radical (unpaired) electrons. The first-order valence-electron chi connectivity index (χ1n) is 3.06. The summed E-state index contributed by atoms with van der Waals surface area (Å²) in [5.41, 5.74) is -0.103. The van der Waals surface area contributed by atoms with E-state index in [0.29, 0.717) is 0 Å². The minimum absolute atomic E-state index is 0.0660. The molecule has 0 bridgehead atoms. The molecule has 0 fully saturated rings. The first kappa shape index (κ1) is 9.28. The van der Waals surface area contributed by atoms with Crippen LogP contribution in [0.2, 0.25) is 0 Å². The molecule has 1 N–H and O–H groups in total. The van der Waals surface area contributed by atoms with E-state index in [4.69, 9.17) is 10.7 Å². The van der Waals surface area contributed by atoms with Crippen LogP contribution in [0.3, 0.4) is 0 Å². The second-order valence-electron chi connectivity index (χ2n) is 2.25. The van der Waals surface area contributed by atoms with Gasteiger partial charge in [-0.1, -0.05) is 0 Å². The van der Waals surface area contributed by atoms with Crippen molar-refractivity contribution in [3.63, 3.8) is 0 Å². The minimum atomic E-state index is -3.75. The number of aryl methyl sites for hydroxylation is 1. The minimum Gasteiger partial charge on any atom is -0.325 e. The third kappa shape index (κ3) is 1.86. The van der Waals surface area contributed by atoms with Crippen molar-refractivity contribution in [1.29, 1.82) is 0 Å². The van der Waals surface area contributed by atoms with Crippen LogP contribution in [0.15, 0.2) is 21.8 Å². The van der Waals surface area contributed by atoms with E-state index >= 15 is 0 Å². The number of hydrogen-bond donors (Lipinski definition) is 1. The Kier molecular flexibility index (Phi) is 2.25. The third-order valence-corrected chi connectivity index (χ3v) is 2.80. The number of aromatic nitrogens is 1. The third-order valence-electron chi connectivity index (χ3n) is 1.33. The van der Waals surface area contributed by atoms with Gasteiger partial charge in [-0.05, 0) is 13.0 Å². The highest BCUT2D eigenvalue weighted by atomic mass is 35.7. The number of nitrogens with one attached hydrogen (secondary N) is 1. The average Bonchev–Trinajstić information content (AvgIpc) is 1.83. The van der Waals surface area contributed by atoms with E-state index in [1.165, 1.54) is 13.0 Å². The number of H-pyrrole nitrogens is 1. The van der Waals surface area contributed by atoms with Crippen LogP contribution in [0.4, 0.5) is 0 Å². The summed E-state index contributed by atoms with van der Waals surface area (Å²) in [7, 11) is 1.32. The van der Waals surface area contributed by atoms with Crippen molar-refractivity contribution in [3.8, 4) is 0 Å². The Bertz CT molecular complexity index is 448. The quantitative estimate of drug-likeness (QED) is 0.687. The van der Waals surface area contributed by atoms with Crippen LogP contribution in [0, 0.1) is 6.92 Å². The predicted molar refractivity (Wildman–Crippen MR) is 44.8 cm³/mol. The summed E-state index contributed by atoms with van der Waals surface area (Å²) in [5, 5.41) is 0. The number of hydrogen-bond acceptors (Lipinski definition) is 3. The molecule has 66 valence electrons.